The van der Waals surface area contributed by atoms with E-state index in [9.17, 15) is 9.59 Å². The Morgan fingerprint density at radius 2 is 1.84 bits per heavy atom. The number of urea groups is 1. The number of rotatable bonds is 2. The van der Waals surface area contributed by atoms with Gasteiger partial charge in [-0.05, 0) is 42.2 Å². The molecule has 2 aromatic carbocycles. The summed E-state index contributed by atoms with van der Waals surface area (Å²) >= 11 is 0. The van der Waals surface area contributed by atoms with Crippen LogP contribution in [0.4, 0.5) is 10.5 Å². The highest BCUT2D eigenvalue weighted by molar-refractivity contribution is 5.89. The molecule has 0 radical (unpaired) electrons. The van der Waals surface area contributed by atoms with Crippen LogP contribution in [0.5, 0.6) is 0 Å². The lowest BCUT2D eigenvalue weighted by Gasteiger charge is -2.43. The first kappa shape index (κ1) is 19.1. The Hall–Kier alpha value is -3.85. The van der Waals surface area contributed by atoms with Gasteiger partial charge in [-0.15, -0.1) is 0 Å². The van der Waals surface area contributed by atoms with Crippen LogP contribution in [-0.4, -0.2) is 28.6 Å². The minimum Gasteiger partial charge on any atom is -0.324 e. The second kappa shape index (κ2) is 7.77. The minimum absolute atomic E-state index is 0.0237. The van der Waals surface area contributed by atoms with Crippen molar-refractivity contribution in [2.24, 2.45) is 5.92 Å². The van der Waals surface area contributed by atoms with Gasteiger partial charge in [0.1, 0.15) is 0 Å². The molecule has 3 aromatic rings. The molecule has 1 fully saturated rings. The molecule has 154 valence electrons. The van der Waals surface area contributed by atoms with Crippen LogP contribution in [0.1, 0.15) is 23.6 Å². The van der Waals surface area contributed by atoms with Crippen molar-refractivity contribution < 1.29 is 4.79 Å². The van der Waals surface area contributed by atoms with E-state index < -0.39 is 0 Å². The average Bonchev–Trinajstić information content (AvgIpc) is 2.80. The Kier molecular flexibility index (Phi) is 4.79. The number of carbonyl (C=O) groups excluding carboxylic acids is 1. The molecule has 1 N–H and O–H groups in total. The summed E-state index contributed by atoms with van der Waals surface area (Å²) in [6.45, 7) is 1.80. The summed E-state index contributed by atoms with van der Waals surface area (Å²) in [6.07, 6.45) is 0.969. The predicted octanol–water partition coefficient (Wildman–Crippen LogP) is 4.04. The van der Waals surface area contributed by atoms with Gasteiger partial charge in [0.15, 0.2) is 0 Å². The first-order valence-electron chi connectivity index (χ1n) is 10.5. The molecule has 5 rings (SSSR count). The maximum absolute atomic E-state index is 13.0. The Morgan fingerprint density at radius 3 is 2.65 bits per heavy atom. The second-order valence-electron chi connectivity index (χ2n) is 8.27. The van der Waals surface area contributed by atoms with E-state index in [1.54, 1.807) is 30.3 Å². The molecular weight excluding hydrogens is 388 g/mol. The largest absolute Gasteiger partial charge is 0.324 e. The Bertz CT molecular complexity index is 1240. The third-order valence-corrected chi connectivity index (χ3v) is 6.20. The third-order valence-electron chi connectivity index (χ3n) is 6.20. The SMILES string of the molecule is N#Cc1cccc(NC(=O)N2C[C@@H]3C[C@@H](C2)c2c(-c4ccccc4)ccc(=O)n2C3)c1. The molecule has 1 saturated heterocycles. The fourth-order valence-electron chi connectivity index (χ4n) is 4.91. The maximum atomic E-state index is 13.0. The highest BCUT2D eigenvalue weighted by Crippen LogP contribution is 2.39. The number of hydrogen-bond donors (Lipinski definition) is 1. The van der Waals surface area contributed by atoms with Crippen molar-refractivity contribution in [2.45, 2.75) is 18.9 Å². The first-order valence-corrected chi connectivity index (χ1v) is 10.5. The van der Waals surface area contributed by atoms with Gasteiger partial charge in [0.2, 0.25) is 0 Å². The van der Waals surface area contributed by atoms with Crippen molar-refractivity contribution in [3.05, 3.63) is 88.3 Å². The lowest BCUT2D eigenvalue weighted by molar-refractivity contribution is 0.140. The van der Waals surface area contributed by atoms with Crippen LogP contribution < -0.4 is 10.9 Å². The molecule has 0 aliphatic carbocycles. The second-order valence-corrected chi connectivity index (χ2v) is 8.27. The highest BCUT2D eigenvalue weighted by Gasteiger charge is 2.37. The molecule has 2 amide bonds. The van der Waals surface area contributed by atoms with Crippen LogP contribution in [0.3, 0.4) is 0 Å². The number of hydrogen-bond acceptors (Lipinski definition) is 3. The zero-order valence-corrected chi connectivity index (χ0v) is 17.0. The van der Waals surface area contributed by atoms with Crippen LogP contribution in [0.2, 0.25) is 0 Å². The topological polar surface area (TPSA) is 78.1 Å². The number of amides is 2. The summed E-state index contributed by atoms with van der Waals surface area (Å²) in [5.41, 5.74) is 4.32. The molecule has 6 nitrogen and oxygen atoms in total. The summed E-state index contributed by atoms with van der Waals surface area (Å²) in [5.74, 6) is 0.346. The van der Waals surface area contributed by atoms with E-state index >= 15 is 0 Å². The van der Waals surface area contributed by atoms with E-state index in [0.717, 1.165) is 23.2 Å². The van der Waals surface area contributed by atoms with E-state index in [0.29, 0.717) is 30.9 Å². The number of nitrogens with zero attached hydrogens (tertiary/aromatic N) is 3. The minimum atomic E-state index is -0.169. The van der Waals surface area contributed by atoms with Crippen LogP contribution in [0, 0.1) is 17.2 Å². The van der Waals surface area contributed by atoms with Gasteiger partial charge in [-0.3, -0.25) is 4.79 Å². The Balaban J connectivity index is 1.45. The Morgan fingerprint density at radius 1 is 1.00 bits per heavy atom. The summed E-state index contributed by atoms with van der Waals surface area (Å²) in [7, 11) is 0. The maximum Gasteiger partial charge on any atom is 0.321 e. The number of anilines is 1. The van der Waals surface area contributed by atoms with Crippen molar-refractivity contribution in [1.29, 1.82) is 5.26 Å². The molecule has 2 aliphatic heterocycles. The summed E-state index contributed by atoms with van der Waals surface area (Å²) in [4.78, 5) is 27.5. The summed E-state index contributed by atoms with van der Waals surface area (Å²) < 4.78 is 1.91. The van der Waals surface area contributed by atoms with Crippen molar-refractivity contribution in [3.63, 3.8) is 0 Å². The predicted molar refractivity (Wildman–Crippen MR) is 119 cm³/mol. The zero-order chi connectivity index (χ0) is 21.4. The average molecular weight is 410 g/mol. The molecule has 2 bridgehead atoms. The van der Waals surface area contributed by atoms with E-state index in [-0.39, 0.29) is 23.4 Å². The number of likely N-dealkylation sites (tertiary alicyclic amines) is 1. The number of carbonyl (C=O) groups is 1. The quantitative estimate of drug-likeness (QED) is 0.693. The molecule has 0 unspecified atom stereocenters. The van der Waals surface area contributed by atoms with Crippen molar-refractivity contribution in [2.75, 3.05) is 18.4 Å². The third kappa shape index (κ3) is 3.59. The summed E-state index contributed by atoms with van der Waals surface area (Å²) in [5, 5.41) is 12.0. The van der Waals surface area contributed by atoms with Crippen LogP contribution in [0.25, 0.3) is 11.1 Å². The lowest BCUT2D eigenvalue weighted by Crippen LogP contribution is -2.50. The molecule has 3 heterocycles. The van der Waals surface area contributed by atoms with Crippen LogP contribution >= 0.6 is 0 Å². The van der Waals surface area contributed by atoms with Gasteiger partial charge in [0, 0.05) is 48.6 Å². The fourth-order valence-corrected chi connectivity index (χ4v) is 4.91. The number of benzene rings is 2. The number of nitriles is 1. The first-order chi connectivity index (χ1) is 15.1. The van der Waals surface area contributed by atoms with Crippen molar-refractivity contribution in [1.82, 2.24) is 9.47 Å². The number of pyridine rings is 1. The van der Waals surface area contributed by atoms with Gasteiger partial charge < -0.3 is 14.8 Å². The number of nitrogens with one attached hydrogen (secondary N) is 1. The van der Waals surface area contributed by atoms with Gasteiger partial charge in [-0.2, -0.15) is 5.26 Å². The molecule has 0 saturated carbocycles. The van der Waals surface area contributed by atoms with E-state index in [1.165, 1.54) is 0 Å². The van der Waals surface area contributed by atoms with E-state index in [4.69, 9.17) is 5.26 Å². The van der Waals surface area contributed by atoms with E-state index in [1.807, 2.05) is 33.7 Å². The zero-order valence-electron chi connectivity index (χ0n) is 17.0. The monoisotopic (exact) mass is 410 g/mol. The van der Waals surface area contributed by atoms with Gasteiger partial charge in [-0.25, -0.2) is 4.79 Å². The van der Waals surface area contributed by atoms with Crippen molar-refractivity contribution in [3.8, 4) is 17.2 Å². The molecule has 1 aromatic heterocycles. The molecule has 0 spiro atoms. The van der Waals surface area contributed by atoms with Gasteiger partial charge in [-0.1, -0.05) is 36.4 Å². The fraction of sp³-hybridized carbons (Fsp3) is 0.240. The molecule has 2 aliphatic rings. The van der Waals surface area contributed by atoms with Gasteiger partial charge >= 0.3 is 6.03 Å². The normalized spacial score (nSPS) is 19.3. The number of fused-ring (bicyclic) bond motifs is 4. The smallest absolute Gasteiger partial charge is 0.321 e. The lowest BCUT2D eigenvalue weighted by atomic mass is 9.80. The van der Waals surface area contributed by atoms with Crippen LogP contribution in [-0.2, 0) is 6.54 Å². The Labute approximate surface area is 180 Å². The highest BCUT2D eigenvalue weighted by atomic mass is 16.2. The van der Waals surface area contributed by atoms with E-state index in [2.05, 4.69) is 23.5 Å². The molecule has 2 atom stereocenters. The van der Waals surface area contributed by atoms with Gasteiger partial charge in [0.05, 0.1) is 11.6 Å². The molecular formula is C25H22N4O2. The summed E-state index contributed by atoms with van der Waals surface area (Å²) in [6, 6.07) is 22.5. The van der Waals surface area contributed by atoms with Crippen LogP contribution in [0.15, 0.2) is 71.5 Å². The number of aromatic nitrogens is 1. The van der Waals surface area contributed by atoms with Crippen molar-refractivity contribution >= 4 is 11.7 Å². The number of piperidine rings is 1. The van der Waals surface area contributed by atoms with Gasteiger partial charge in [0.25, 0.3) is 5.56 Å². The standard InChI is InChI=1S/C25H22N4O2/c26-13-17-5-4-8-21(12-17)27-25(31)28-14-18-11-20(16-28)24-22(19-6-2-1-3-7-19)9-10-23(30)29(24)15-18/h1-10,12,18,20H,11,14-16H2,(H,27,31)/t18-,20-/m0/s1. The molecule has 6 heteroatoms. The molecule has 31 heavy (non-hydrogen) atoms.